The van der Waals surface area contributed by atoms with Crippen molar-refractivity contribution >= 4 is 34.7 Å². The van der Waals surface area contributed by atoms with Gasteiger partial charge in [-0.1, -0.05) is 29.8 Å². The number of likely N-dealkylation sites (N-methyl/N-ethyl adjacent to an activating group) is 1. The van der Waals surface area contributed by atoms with Crippen molar-refractivity contribution in [2.24, 2.45) is 0 Å². The Morgan fingerprint density at radius 1 is 1.16 bits per heavy atom. The van der Waals surface area contributed by atoms with Crippen molar-refractivity contribution in [3.05, 3.63) is 64.3 Å². The van der Waals surface area contributed by atoms with Crippen molar-refractivity contribution < 1.29 is 4.74 Å². The molecule has 32 heavy (non-hydrogen) atoms. The number of hydrogen-bond acceptors (Lipinski definition) is 6. The van der Waals surface area contributed by atoms with Crippen LogP contribution in [0.3, 0.4) is 0 Å². The molecule has 1 spiro atoms. The molecule has 164 valence electrons. The molecular formula is C25H26ClN5O. The molecule has 6 rings (SSSR count). The lowest BCUT2D eigenvalue weighted by Gasteiger charge is -2.26. The summed E-state index contributed by atoms with van der Waals surface area (Å²) in [6, 6.07) is 12.9. The van der Waals surface area contributed by atoms with E-state index in [9.17, 15) is 0 Å². The molecule has 2 aliphatic heterocycles. The molecule has 0 amide bonds. The van der Waals surface area contributed by atoms with E-state index in [2.05, 4.69) is 63.5 Å². The van der Waals surface area contributed by atoms with Crippen LogP contribution in [0.15, 0.2) is 42.6 Å². The summed E-state index contributed by atoms with van der Waals surface area (Å²) in [5, 5.41) is 3.95. The average Bonchev–Trinajstić information content (AvgIpc) is 3.51. The Bertz CT molecular complexity index is 1210. The highest BCUT2D eigenvalue weighted by atomic mass is 35.5. The van der Waals surface area contributed by atoms with Gasteiger partial charge in [-0.2, -0.15) is 4.98 Å². The van der Waals surface area contributed by atoms with Gasteiger partial charge in [0, 0.05) is 30.7 Å². The Morgan fingerprint density at radius 3 is 2.81 bits per heavy atom. The summed E-state index contributed by atoms with van der Waals surface area (Å²) < 4.78 is 5.68. The van der Waals surface area contributed by atoms with Gasteiger partial charge < -0.3 is 19.9 Å². The molecule has 3 aliphatic rings. The Hall–Kier alpha value is -2.83. The van der Waals surface area contributed by atoms with Crippen molar-refractivity contribution in [3.8, 4) is 5.75 Å². The predicted octanol–water partition coefficient (Wildman–Crippen LogP) is 5.05. The zero-order valence-electron chi connectivity index (χ0n) is 18.4. The number of nitrogens with one attached hydrogen (secondary N) is 1. The van der Waals surface area contributed by atoms with Crippen molar-refractivity contribution in [2.45, 2.75) is 31.2 Å². The molecule has 3 aromatic rings. The van der Waals surface area contributed by atoms with Crippen LogP contribution in [0, 0.1) is 0 Å². The minimum Gasteiger partial charge on any atom is -0.495 e. The van der Waals surface area contributed by atoms with E-state index in [4.69, 9.17) is 21.3 Å². The van der Waals surface area contributed by atoms with Gasteiger partial charge in [-0.15, -0.1) is 0 Å². The molecular weight excluding hydrogens is 422 g/mol. The quantitative estimate of drug-likeness (QED) is 0.603. The Balaban J connectivity index is 1.35. The molecule has 1 N–H and O–H groups in total. The van der Waals surface area contributed by atoms with Crippen LogP contribution in [-0.2, 0) is 18.4 Å². The maximum atomic E-state index is 6.60. The number of para-hydroxylation sites is 1. The van der Waals surface area contributed by atoms with Gasteiger partial charge in [0.2, 0.25) is 5.95 Å². The first kappa shape index (κ1) is 19.8. The highest BCUT2D eigenvalue weighted by Crippen LogP contribution is 2.58. The third-order valence-corrected chi connectivity index (χ3v) is 7.30. The monoisotopic (exact) mass is 447 g/mol. The maximum Gasteiger partial charge on any atom is 0.229 e. The minimum absolute atomic E-state index is 0.256. The predicted molar refractivity (Wildman–Crippen MR) is 128 cm³/mol. The second-order valence-corrected chi connectivity index (χ2v) is 9.59. The normalized spacial score (nSPS) is 18.4. The number of nitrogens with zero attached hydrogens (tertiary/aromatic N) is 4. The topological polar surface area (TPSA) is 53.5 Å². The van der Waals surface area contributed by atoms with Crippen LogP contribution in [0.5, 0.6) is 5.75 Å². The lowest BCUT2D eigenvalue weighted by atomic mass is 9.99. The van der Waals surface area contributed by atoms with Crippen LogP contribution in [0.4, 0.5) is 23.1 Å². The molecule has 0 radical (unpaired) electrons. The summed E-state index contributed by atoms with van der Waals surface area (Å²) >= 11 is 6.60. The average molecular weight is 448 g/mol. The lowest BCUT2D eigenvalue weighted by Crippen LogP contribution is -2.26. The van der Waals surface area contributed by atoms with Gasteiger partial charge in [0.25, 0.3) is 0 Å². The number of anilines is 4. The molecule has 0 bridgehead atoms. The van der Waals surface area contributed by atoms with Crippen molar-refractivity contribution in [3.63, 3.8) is 0 Å². The van der Waals surface area contributed by atoms with Crippen LogP contribution in [0.1, 0.15) is 29.5 Å². The van der Waals surface area contributed by atoms with Crippen LogP contribution in [-0.4, -0.2) is 42.1 Å². The van der Waals surface area contributed by atoms with E-state index < -0.39 is 0 Å². The fourth-order valence-corrected chi connectivity index (χ4v) is 5.31. The summed E-state index contributed by atoms with van der Waals surface area (Å²) in [5.41, 5.74) is 6.38. The molecule has 2 aromatic carbocycles. The Morgan fingerprint density at radius 2 is 2.00 bits per heavy atom. The fraction of sp³-hybridized carbons (Fsp3) is 0.360. The van der Waals surface area contributed by atoms with Crippen molar-refractivity contribution in [1.29, 1.82) is 0 Å². The molecule has 1 aliphatic carbocycles. The number of hydrogen-bond donors (Lipinski definition) is 1. The molecule has 1 fully saturated rings. The minimum atomic E-state index is 0.256. The number of fused-ring (bicyclic) bond motifs is 3. The fourth-order valence-electron chi connectivity index (χ4n) is 5.12. The van der Waals surface area contributed by atoms with E-state index in [0.29, 0.717) is 11.0 Å². The van der Waals surface area contributed by atoms with E-state index in [-0.39, 0.29) is 5.41 Å². The van der Waals surface area contributed by atoms with Gasteiger partial charge in [0.05, 0.1) is 19.0 Å². The summed E-state index contributed by atoms with van der Waals surface area (Å²) in [6.45, 7) is 2.90. The van der Waals surface area contributed by atoms with E-state index in [1.807, 2.05) is 0 Å². The third-order valence-electron chi connectivity index (χ3n) is 7.03. The van der Waals surface area contributed by atoms with Crippen LogP contribution in [0.25, 0.3) is 0 Å². The van der Waals surface area contributed by atoms with Gasteiger partial charge in [-0.25, -0.2) is 4.98 Å². The highest BCUT2D eigenvalue weighted by Gasteiger charge is 2.52. The summed E-state index contributed by atoms with van der Waals surface area (Å²) in [4.78, 5) is 13.9. The van der Waals surface area contributed by atoms with Crippen LogP contribution in [0.2, 0.25) is 5.02 Å². The van der Waals surface area contributed by atoms with Gasteiger partial charge in [-0.05, 0) is 61.2 Å². The first-order chi connectivity index (χ1) is 15.6. The maximum absolute atomic E-state index is 6.60. The SMILES string of the molecule is COc1cc2c(cc1Nc1ncc(Cl)c(N3CC4(CC4)c4ccccc43)n1)CN(C)CC2. The smallest absolute Gasteiger partial charge is 0.229 e. The summed E-state index contributed by atoms with van der Waals surface area (Å²) in [7, 11) is 3.85. The number of halogens is 1. The number of methoxy groups -OCH3 is 1. The molecule has 3 heterocycles. The number of benzene rings is 2. The zero-order valence-corrected chi connectivity index (χ0v) is 19.1. The van der Waals surface area contributed by atoms with E-state index in [1.165, 1.54) is 35.2 Å². The van der Waals surface area contributed by atoms with Gasteiger partial charge in [0.15, 0.2) is 5.82 Å². The molecule has 0 unspecified atom stereocenters. The molecule has 1 aromatic heterocycles. The van der Waals surface area contributed by atoms with Crippen molar-refractivity contribution in [1.82, 2.24) is 14.9 Å². The van der Waals surface area contributed by atoms with Gasteiger partial charge in [-0.3, -0.25) is 0 Å². The van der Waals surface area contributed by atoms with Crippen LogP contribution >= 0.6 is 11.6 Å². The first-order valence-corrected chi connectivity index (χ1v) is 11.5. The standard InChI is InChI=1S/C25H26ClN5O/c1-30-10-7-16-12-22(32-2)20(11-17(16)14-30)28-24-27-13-19(26)23(29-24)31-15-25(8-9-25)18-5-3-4-6-21(18)31/h3-6,11-13H,7-10,14-15H2,1-2H3,(H,27,28,29). The van der Waals surface area contributed by atoms with Gasteiger partial charge in [0.1, 0.15) is 10.8 Å². The summed E-state index contributed by atoms with van der Waals surface area (Å²) in [6.07, 6.45) is 5.15. The van der Waals surface area contributed by atoms with E-state index in [1.54, 1.807) is 13.3 Å². The zero-order chi connectivity index (χ0) is 21.9. The summed E-state index contributed by atoms with van der Waals surface area (Å²) in [5.74, 6) is 2.06. The number of ether oxygens (including phenoxy) is 1. The largest absolute Gasteiger partial charge is 0.495 e. The van der Waals surface area contributed by atoms with Crippen molar-refractivity contribution in [2.75, 3.05) is 37.5 Å². The van der Waals surface area contributed by atoms with Crippen LogP contribution < -0.4 is 15.0 Å². The molecule has 1 saturated carbocycles. The number of rotatable bonds is 4. The Kier molecular flexibility index (Phi) is 4.56. The third kappa shape index (κ3) is 3.21. The highest BCUT2D eigenvalue weighted by molar-refractivity contribution is 6.33. The Labute approximate surface area is 193 Å². The lowest BCUT2D eigenvalue weighted by molar-refractivity contribution is 0.312. The second-order valence-electron chi connectivity index (χ2n) is 9.18. The second kappa shape index (κ2) is 7.36. The molecule has 0 atom stereocenters. The van der Waals surface area contributed by atoms with E-state index in [0.717, 1.165) is 43.3 Å². The van der Waals surface area contributed by atoms with Gasteiger partial charge >= 0.3 is 0 Å². The molecule has 6 nitrogen and oxygen atoms in total. The first-order valence-electron chi connectivity index (χ1n) is 11.1. The molecule has 7 heteroatoms. The van der Waals surface area contributed by atoms with E-state index >= 15 is 0 Å². The number of aromatic nitrogens is 2. The molecule has 0 saturated heterocycles.